The molecule has 0 amide bonds. The Kier molecular flexibility index (Phi) is 2.15. The van der Waals surface area contributed by atoms with E-state index in [9.17, 15) is 14.7 Å². The molecule has 1 heterocycles. The number of aliphatic hydroxyl groups is 1. The first-order valence-corrected chi connectivity index (χ1v) is 6.24. The van der Waals surface area contributed by atoms with Gasteiger partial charge in [0.25, 0.3) is 0 Å². The van der Waals surface area contributed by atoms with Crippen molar-refractivity contribution in [2.45, 2.75) is 38.9 Å². The average molecular weight is 248 g/mol. The van der Waals surface area contributed by atoms with Gasteiger partial charge in [-0.25, -0.2) is 4.79 Å². The van der Waals surface area contributed by atoms with Crippen molar-refractivity contribution in [2.75, 3.05) is 0 Å². The first-order chi connectivity index (χ1) is 8.37. The van der Waals surface area contributed by atoms with Crippen molar-refractivity contribution in [1.82, 2.24) is 0 Å². The van der Waals surface area contributed by atoms with E-state index in [4.69, 9.17) is 4.74 Å². The Labute approximate surface area is 105 Å². The van der Waals surface area contributed by atoms with Crippen LogP contribution in [-0.2, 0) is 14.3 Å². The van der Waals surface area contributed by atoms with Crippen LogP contribution in [0.1, 0.15) is 33.1 Å². The Balaban J connectivity index is 2.07. The highest BCUT2D eigenvalue weighted by molar-refractivity contribution is 5.97. The van der Waals surface area contributed by atoms with Gasteiger partial charge in [-0.15, -0.1) is 0 Å². The van der Waals surface area contributed by atoms with Crippen molar-refractivity contribution < 1.29 is 19.4 Å². The molecule has 1 saturated carbocycles. The van der Waals surface area contributed by atoms with Gasteiger partial charge in [-0.1, -0.05) is 13.0 Å². The molecule has 3 rings (SSSR count). The molecule has 4 nitrogen and oxygen atoms in total. The van der Waals surface area contributed by atoms with Crippen molar-refractivity contribution in [3.63, 3.8) is 0 Å². The second kappa shape index (κ2) is 3.32. The smallest absolute Gasteiger partial charge is 0.336 e. The van der Waals surface area contributed by atoms with E-state index in [0.717, 1.165) is 6.42 Å². The lowest BCUT2D eigenvalue weighted by atomic mass is 9.59. The van der Waals surface area contributed by atoms with Crippen LogP contribution < -0.4 is 0 Å². The lowest BCUT2D eigenvalue weighted by molar-refractivity contribution is -0.203. The zero-order chi connectivity index (χ0) is 13.1. The Hall–Kier alpha value is -1.42. The molecule has 1 N–H and O–H groups in total. The molecule has 0 saturated heterocycles. The summed E-state index contributed by atoms with van der Waals surface area (Å²) in [6.45, 7) is 3.54. The van der Waals surface area contributed by atoms with E-state index in [1.54, 1.807) is 13.0 Å². The zero-order valence-corrected chi connectivity index (χ0v) is 10.5. The molecule has 3 atom stereocenters. The second-order valence-corrected chi connectivity index (χ2v) is 5.78. The summed E-state index contributed by atoms with van der Waals surface area (Å²) in [4.78, 5) is 23.7. The molecule has 0 aromatic heterocycles. The number of ketones is 1. The minimum Gasteiger partial charge on any atom is -0.426 e. The van der Waals surface area contributed by atoms with Crippen molar-refractivity contribution in [1.29, 1.82) is 0 Å². The summed E-state index contributed by atoms with van der Waals surface area (Å²) >= 11 is 0. The van der Waals surface area contributed by atoms with Crippen LogP contribution in [0.15, 0.2) is 23.3 Å². The highest BCUT2D eigenvalue weighted by Gasteiger charge is 2.58. The molecular formula is C14H16O4. The molecule has 0 spiro atoms. The Morgan fingerprint density at radius 1 is 1.44 bits per heavy atom. The predicted molar refractivity (Wildman–Crippen MR) is 63.3 cm³/mol. The molecule has 0 aromatic rings. The molecule has 1 fully saturated rings. The summed E-state index contributed by atoms with van der Waals surface area (Å²) in [6.07, 6.45) is 5.00. The third-order valence-electron chi connectivity index (χ3n) is 4.70. The van der Waals surface area contributed by atoms with Gasteiger partial charge in [0, 0.05) is 23.0 Å². The van der Waals surface area contributed by atoms with Crippen molar-refractivity contribution in [2.24, 2.45) is 11.3 Å². The number of fused-ring (bicyclic) bond motifs is 2. The summed E-state index contributed by atoms with van der Waals surface area (Å²) in [5, 5.41) is 10.5. The van der Waals surface area contributed by atoms with Gasteiger partial charge >= 0.3 is 5.97 Å². The maximum atomic E-state index is 12.1. The molecule has 0 bridgehead atoms. The molecule has 0 radical (unpaired) electrons. The minimum absolute atomic E-state index is 0.0202. The summed E-state index contributed by atoms with van der Waals surface area (Å²) < 4.78 is 5.09. The van der Waals surface area contributed by atoms with Gasteiger partial charge in [0.05, 0.1) is 0 Å². The molecule has 3 unspecified atom stereocenters. The molecule has 96 valence electrons. The van der Waals surface area contributed by atoms with Gasteiger partial charge in [-0.2, -0.15) is 0 Å². The normalized spacial score (nSPS) is 42.7. The van der Waals surface area contributed by atoms with Crippen LogP contribution in [-0.4, -0.2) is 22.6 Å². The fourth-order valence-corrected chi connectivity index (χ4v) is 3.44. The first kappa shape index (κ1) is 11.7. The lowest BCUT2D eigenvalue weighted by Crippen LogP contribution is -2.50. The van der Waals surface area contributed by atoms with Crippen LogP contribution in [0.4, 0.5) is 0 Å². The molecule has 3 aliphatic rings. The summed E-state index contributed by atoms with van der Waals surface area (Å²) in [5.41, 5.74) is 0.539. The third-order valence-corrected chi connectivity index (χ3v) is 4.70. The van der Waals surface area contributed by atoms with E-state index in [0.29, 0.717) is 17.6 Å². The Morgan fingerprint density at radius 2 is 2.17 bits per heavy atom. The summed E-state index contributed by atoms with van der Waals surface area (Å²) in [5.74, 6) is -1.86. The van der Waals surface area contributed by atoms with Crippen LogP contribution in [0.25, 0.3) is 0 Å². The Morgan fingerprint density at radius 3 is 2.89 bits per heavy atom. The second-order valence-electron chi connectivity index (χ2n) is 5.78. The monoisotopic (exact) mass is 248 g/mol. The van der Waals surface area contributed by atoms with Gasteiger partial charge in [-0.05, 0) is 31.8 Å². The van der Waals surface area contributed by atoms with Crippen molar-refractivity contribution >= 4 is 11.8 Å². The maximum absolute atomic E-state index is 12.1. The van der Waals surface area contributed by atoms with E-state index >= 15 is 0 Å². The largest absolute Gasteiger partial charge is 0.426 e. The number of carbonyl (C=O) groups excluding carboxylic acids is 2. The topological polar surface area (TPSA) is 63.6 Å². The van der Waals surface area contributed by atoms with E-state index in [1.807, 2.05) is 13.0 Å². The quantitative estimate of drug-likeness (QED) is 0.660. The standard InChI is InChI=1S/C14H16O4/c1-8-10-6-9-4-3-5-11(15)13(9,2)7-14(10,17)18-12(8)16/h3,5,9,17H,4,6-7H2,1-2H3. The van der Waals surface area contributed by atoms with Crippen LogP contribution in [0, 0.1) is 11.3 Å². The molecular weight excluding hydrogens is 232 g/mol. The third kappa shape index (κ3) is 1.29. The maximum Gasteiger partial charge on any atom is 0.336 e. The van der Waals surface area contributed by atoms with Gasteiger partial charge < -0.3 is 9.84 Å². The SMILES string of the molecule is CC1=C2CC3CC=CC(=O)C3(C)CC2(O)OC1=O. The van der Waals surface area contributed by atoms with Crippen LogP contribution >= 0.6 is 0 Å². The number of hydrogen-bond donors (Lipinski definition) is 1. The number of hydrogen-bond acceptors (Lipinski definition) is 4. The molecule has 4 heteroatoms. The van der Waals surface area contributed by atoms with Crippen LogP contribution in [0.2, 0.25) is 0 Å². The zero-order valence-electron chi connectivity index (χ0n) is 10.5. The van der Waals surface area contributed by atoms with E-state index in [2.05, 4.69) is 0 Å². The number of carbonyl (C=O) groups is 2. The van der Waals surface area contributed by atoms with Gasteiger partial charge in [-0.3, -0.25) is 4.79 Å². The highest BCUT2D eigenvalue weighted by atomic mass is 16.7. The molecule has 2 aliphatic carbocycles. The van der Waals surface area contributed by atoms with Crippen molar-refractivity contribution in [3.05, 3.63) is 23.3 Å². The van der Waals surface area contributed by atoms with E-state index in [-0.39, 0.29) is 18.1 Å². The number of rotatable bonds is 0. The molecule has 18 heavy (non-hydrogen) atoms. The number of esters is 1. The van der Waals surface area contributed by atoms with Crippen LogP contribution in [0.3, 0.4) is 0 Å². The average Bonchev–Trinajstić information content (AvgIpc) is 2.49. The van der Waals surface area contributed by atoms with E-state index < -0.39 is 17.2 Å². The van der Waals surface area contributed by atoms with Crippen molar-refractivity contribution in [3.8, 4) is 0 Å². The Bertz CT molecular complexity index is 516. The summed E-state index contributed by atoms with van der Waals surface area (Å²) in [6, 6.07) is 0. The van der Waals surface area contributed by atoms with Gasteiger partial charge in [0.15, 0.2) is 5.78 Å². The van der Waals surface area contributed by atoms with Gasteiger partial charge in [0.1, 0.15) is 0 Å². The fraction of sp³-hybridized carbons (Fsp3) is 0.571. The summed E-state index contributed by atoms with van der Waals surface area (Å²) in [7, 11) is 0. The highest BCUT2D eigenvalue weighted by Crippen LogP contribution is 2.54. The molecule has 1 aliphatic heterocycles. The molecule has 0 aromatic carbocycles. The van der Waals surface area contributed by atoms with Gasteiger partial charge in [0.2, 0.25) is 5.79 Å². The van der Waals surface area contributed by atoms with Crippen LogP contribution in [0.5, 0.6) is 0 Å². The van der Waals surface area contributed by atoms with E-state index in [1.165, 1.54) is 0 Å². The number of allylic oxidation sites excluding steroid dienone is 2. The fourth-order valence-electron chi connectivity index (χ4n) is 3.44. The number of ether oxygens (including phenoxy) is 1. The minimum atomic E-state index is -1.56. The first-order valence-electron chi connectivity index (χ1n) is 6.24. The predicted octanol–water partition coefficient (Wildman–Crippen LogP) is 1.49. The lowest BCUT2D eigenvalue weighted by Gasteiger charge is -2.47.